The van der Waals surface area contributed by atoms with E-state index < -0.39 is 0 Å². The molecule has 0 spiro atoms. The Kier molecular flexibility index (Phi) is 5.18. The fourth-order valence-corrected chi connectivity index (χ4v) is 3.27. The van der Waals surface area contributed by atoms with Crippen LogP contribution in [0.15, 0.2) is 36.9 Å². The number of benzene rings is 1. The van der Waals surface area contributed by atoms with Gasteiger partial charge in [0.15, 0.2) is 0 Å². The van der Waals surface area contributed by atoms with E-state index in [1.165, 1.54) is 25.3 Å². The number of anilines is 2. The van der Waals surface area contributed by atoms with Crippen molar-refractivity contribution in [3.05, 3.63) is 36.9 Å². The normalized spacial score (nSPS) is 18.0. The highest BCUT2D eigenvalue weighted by Crippen LogP contribution is 2.30. The number of piperazine rings is 1. The second kappa shape index (κ2) is 7.51. The molecule has 1 aliphatic carbocycles. The monoisotopic (exact) mass is 327 g/mol. The molecule has 1 saturated heterocycles. The number of amides is 2. The van der Waals surface area contributed by atoms with Crippen LogP contribution in [0.3, 0.4) is 0 Å². The second-order valence-corrected chi connectivity index (χ2v) is 6.62. The molecule has 1 N–H and O–H groups in total. The maximum Gasteiger partial charge on any atom is 0.246 e. The van der Waals surface area contributed by atoms with Crippen molar-refractivity contribution in [3.8, 4) is 0 Å². The van der Waals surface area contributed by atoms with Crippen LogP contribution < -0.4 is 10.2 Å². The molecular formula is C19H25N3O2. The highest BCUT2D eigenvalue weighted by molar-refractivity contribution is 5.91. The molecule has 3 rings (SSSR count). The van der Waals surface area contributed by atoms with E-state index in [0.717, 1.165) is 24.5 Å². The summed E-state index contributed by atoms with van der Waals surface area (Å²) < 4.78 is 0. The van der Waals surface area contributed by atoms with Gasteiger partial charge in [0.1, 0.15) is 0 Å². The zero-order valence-electron chi connectivity index (χ0n) is 14.0. The quantitative estimate of drug-likeness (QED) is 0.846. The summed E-state index contributed by atoms with van der Waals surface area (Å²) in [6.07, 6.45) is 5.62. The zero-order valence-corrected chi connectivity index (χ0v) is 14.0. The lowest BCUT2D eigenvalue weighted by molar-refractivity contribution is -0.126. The predicted octanol–water partition coefficient (Wildman–Crippen LogP) is 2.65. The molecule has 0 atom stereocenters. The van der Waals surface area contributed by atoms with Crippen LogP contribution in [0.25, 0.3) is 0 Å². The van der Waals surface area contributed by atoms with Crippen LogP contribution in [0.4, 0.5) is 11.4 Å². The fourth-order valence-electron chi connectivity index (χ4n) is 3.27. The molecule has 0 bridgehead atoms. The fraction of sp³-hybridized carbons (Fsp3) is 0.474. The van der Waals surface area contributed by atoms with E-state index in [1.54, 1.807) is 0 Å². The Morgan fingerprint density at radius 2 is 1.96 bits per heavy atom. The van der Waals surface area contributed by atoms with Gasteiger partial charge in [-0.1, -0.05) is 19.1 Å². The molecule has 128 valence electrons. The molecule has 0 unspecified atom stereocenters. The maximum absolute atomic E-state index is 12.1. The van der Waals surface area contributed by atoms with E-state index >= 15 is 0 Å². The van der Waals surface area contributed by atoms with Gasteiger partial charge in [0.05, 0.1) is 0 Å². The first kappa shape index (κ1) is 16.6. The highest BCUT2D eigenvalue weighted by Gasteiger charge is 2.21. The van der Waals surface area contributed by atoms with Crippen molar-refractivity contribution in [1.82, 2.24) is 4.90 Å². The number of nitrogens with one attached hydrogen (secondary N) is 1. The summed E-state index contributed by atoms with van der Waals surface area (Å²) in [5.74, 6) is 0.675. The van der Waals surface area contributed by atoms with E-state index in [4.69, 9.17) is 0 Å². The summed E-state index contributed by atoms with van der Waals surface area (Å²) in [7, 11) is 0. The van der Waals surface area contributed by atoms with E-state index in [-0.39, 0.29) is 11.8 Å². The molecule has 2 amide bonds. The first-order valence-electron chi connectivity index (χ1n) is 8.72. The van der Waals surface area contributed by atoms with Crippen LogP contribution in [0, 0.1) is 5.92 Å². The summed E-state index contributed by atoms with van der Waals surface area (Å²) in [5, 5.41) is 3.01. The predicted molar refractivity (Wildman–Crippen MR) is 96.0 cm³/mol. The third-order valence-corrected chi connectivity index (χ3v) is 4.96. The van der Waals surface area contributed by atoms with Crippen molar-refractivity contribution < 1.29 is 9.59 Å². The van der Waals surface area contributed by atoms with Gasteiger partial charge in [-0.3, -0.25) is 9.59 Å². The Morgan fingerprint density at radius 3 is 2.58 bits per heavy atom. The third-order valence-electron chi connectivity index (χ3n) is 4.96. The molecule has 0 radical (unpaired) electrons. The number of rotatable bonds is 5. The Hall–Kier alpha value is -2.30. The van der Waals surface area contributed by atoms with E-state index in [9.17, 15) is 9.59 Å². The molecule has 1 aromatic rings. The van der Waals surface area contributed by atoms with Crippen LogP contribution in [-0.4, -0.2) is 42.9 Å². The van der Waals surface area contributed by atoms with Crippen molar-refractivity contribution in [2.24, 2.45) is 5.92 Å². The lowest BCUT2D eigenvalue weighted by Crippen LogP contribution is -2.48. The van der Waals surface area contributed by atoms with Gasteiger partial charge in [0.2, 0.25) is 11.8 Å². The molecule has 2 fully saturated rings. The average molecular weight is 327 g/mol. The molecule has 1 aromatic carbocycles. The van der Waals surface area contributed by atoms with Crippen molar-refractivity contribution in [2.75, 3.05) is 36.4 Å². The average Bonchev–Trinajstić information content (AvgIpc) is 2.58. The Bertz CT molecular complexity index is 617. The van der Waals surface area contributed by atoms with Gasteiger partial charge in [0, 0.05) is 44.0 Å². The van der Waals surface area contributed by atoms with Gasteiger partial charge in [-0.15, -0.1) is 0 Å². The molecule has 2 aliphatic rings. The van der Waals surface area contributed by atoms with Crippen molar-refractivity contribution >= 4 is 23.2 Å². The summed E-state index contributed by atoms with van der Waals surface area (Å²) in [4.78, 5) is 27.8. The topological polar surface area (TPSA) is 52.7 Å². The highest BCUT2D eigenvalue weighted by atomic mass is 16.2. The van der Waals surface area contributed by atoms with Gasteiger partial charge in [-0.25, -0.2) is 0 Å². The molecule has 5 heteroatoms. The largest absolute Gasteiger partial charge is 0.368 e. The lowest BCUT2D eigenvalue weighted by Gasteiger charge is -2.35. The van der Waals surface area contributed by atoms with Gasteiger partial charge < -0.3 is 15.1 Å². The Balaban J connectivity index is 1.56. The summed E-state index contributed by atoms with van der Waals surface area (Å²) in [6, 6.07) is 7.96. The van der Waals surface area contributed by atoms with Crippen LogP contribution in [-0.2, 0) is 9.59 Å². The first-order chi connectivity index (χ1) is 11.7. The first-order valence-corrected chi connectivity index (χ1v) is 8.72. The van der Waals surface area contributed by atoms with Crippen molar-refractivity contribution in [1.29, 1.82) is 0 Å². The number of hydrogen-bond acceptors (Lipinski definition) is 3. The minimum absolute atomic E-state index is 0.00772. The standard InChI is InChI=1S/C19H25N3O2/c1-2-19(24)22-11-9-21(10-12-22)17-8-4-7-16(14-17)20-18(23)13-15-5-3-6-15/h2,4,7-8,14-15H,1,3,5-6,9-13H2,(H,20,23). The summed E-state index contributed by atoms with van der Waals surface area (Å²) in [6.45, 7) is 6.51. The van der Waals surface area contributed by atoms with Gasteiger partial charge in [0.25, 0.3) is 0 Å². The summed E-state index contributed by atoms with van der Waals surface area (Å²) in [5.41, 5.74) is 1.93. The van der Waals surface area contributed by atoms with Gasteiger partial charge in [-0.2, -0.15) is 0 Å². The van der Waals surface area contributed by atoms with Gasteiger partial charge >= 0.3 is 0 Å². The van der Waals surface area contributed by atoms with E-state index in [2.05, 4.69) is 16.8 Å². The summed E-state index contributed by atoms with van der Waals surface area (Å²) >= 11 is 0. The van der Waals surface area contributed by atoms with Crippen LogP contribution >= 0.6 is 0 Å². The maximum atomic E-state index is 12.1. The zero-order chi connectivity index (χ0) is 16.9. The second-order valence-electron chi connectivity index (χ2n) is 6.62. The van der Waals surface area contributed by atoms with Gasteiger partial charge in [-0.05, 0) is 43.0 Å². The van der Waals surface area contributed by atoms with Crippen molar-refractivity contribution in [3.63, 3.8) is 0 Å². The number of carbonyl (C=O) groups is 2. The SMILES string of the molecule is C=CC(=O)N1CCN(c2cccc(NC(=O)CC3CCC3)c2)CC1. The Labute approximate surface area is 143 Å². The molecule has 1 aliphatic heterocycles. The minimum Gasteiger partial charge on any atom is -0.368 e. The number of nitrogens with zero attached hydrogens (tertiary/aromatic N) is 2. The smallest absolute Gasteiger partial charge is 0.246 e. The number of carbonyl (C=O) groups excluding carboxylic acids is 2. The van der Waals surface area contributed by atoms with Crippen LogP contribution in [0.5, 0.6) is 0 Å². The molecule has 1 heterocycles. The Morgan fingerprint density at radius 1 is 1.21 bits per heavy atom. The molecule has 5 nitrogen and oxygen atoms in total. The lowest BCUT2D eigenvalue weighted by atomic mass is 9.83. The van der Waals surface area contributed by atoms with E-state index in [0.29, 0.717) is 25.4 Å². The van der Waals surface area contributed by atoms with Crippen LogP contribution in [0.1, 0.15) is 25.7 Å². The molecule has 24 heavy (non-hydrogen) atoms. The number of hydrogen-bond donors (Lipinski definition) is 1. The minimum atomic E-state index is -0.00772. The van der Waals surface area contributed by atoms with Crippen LogP contribution in [0.2, 0.25) is 0 Å². The molecule has 0 aromatic heterocycles. The molecule has 1 saturated carbocycles. The molecular weight excluding hydrogens is 302 g/mol. The van der Waals surface area contributed by atoms with Crippen molar-refractivity contribution in [2.45, 2.75) is 25.7 Å². The van der Waals surface area contributed by atoms with E-state index in [1.807, 2.05) is 29.2 Å². The third kappa shape index (κ3) is 3.96.